The predicted octanol–water partition coefficient (Wildman–Crippen LogP) is 4.21. The quantitative estimate of drug-likeness (QED) is 0.715. The summed E-state index contributed by atoms with van der Waals surface area (Å²) in [5.74, 6) is 1.27. The van der Waals surface area contributed by atoms with Crippen LogP contribution in [-0.2, 0) is 0 Å². The lowest BCUT2D eigenvalue weighted by molar-refractivity contribution is 0.634. The van der Waals surface area contributed by atoms with E-state index < -0.39 is 0 Å². The summed E-state index contributed by atoms with van der Waals surface area (Å²) in [6.07, 6.45) is 1.61. The number of nitrogens with one attached hydrogen (secondary N) is 1. The Labute approximate surface area is 170 Å². The van der Waals surface area contributed by atoms with Crippen molar-refractivity contribution in [1.29, 1.82) is 0 Å². The number of piperazine rings is 1. The van der Waals surface area contributed by atoms with Crippen molar-refractivity contribution >= 4 is 34.7 Å². The Bertz CT molecular complexity index is 969. The van der Waals surface area contributed by atoms with E-state index in [0.717, 1.165) is 31.9 Å². The molecular formula is C21H23ClN6. The Balaban J connectivity index is 1.45. The molecule has 144 valence electrons. The fraction of sp³-hybridized carbons (Fsp3) is 0.286. The van der Waals surface area contributed by atoms with E-state index in [1.54, 1.807) is 6.20 Å². The Morgan fingerprint density at radius 3 is 2.46 bits per heavy atom. The number of aromatic nitrogens is 3. The van der Waals surface area contributed by atoms with Gasteiger partial charge < -0.3 is 15.1 Å². The molecule has 4 rings (SSSR count). The van der Waals surface area contributed by atoms with Gasteiger partial charge in [-0.05, 0) is 43.2 Å². The Kier molecular flexibility index (Phi) is 5.30. The molecule has 3 aromatic rings. The maximum atomic E-state index is 6.22. The number of rotatable bonds is 4. The molecule has 2 heterocycles. The molecular weight excluding hydrogens is 372 g/mol. The largest absolute Gasteiger partial charge is 0.368 e. The Morgan fingerprint density at radius 1 is 0.929 bits per heavy atom. The van der Waals surface area contributed by atoms with Gasteiger partial charge in [0.15, 0.2) is 5.82 Å². The van der Waals surface area contributed by atoms with Gasteiger partial charge in [0.2, 0.25) is 5.95 Å². The zero-order valence-electron chi connectivity index (χ0n) is 16.1. The van der Waals surface area contributed by atoms with Gasteiger partial charge in [0.05, 0.1) is 16.9 Å². The highest BCUT2D eigenvalue weighted by atomic mass is 35.5. The number of hydrogen-bond donors (Lipinski definition) is 1. The molecule has 1 fully saturated rings. The zero-order valence-corrected chi connectivity index (χ0v) is 16.8. The molecule has 0 radical (unpaired) electrons. The van der Waals surface area contributed by atoms with Crippen LogP contribution in [0.25, 0.3) is 0 Å². The number of benzene rings is 2. The van der Waals surface area contributed by atoms with Crippen molar-refractivity contribution in [3.05, 3.63) is 64.8 Å². The van der Waals surface area contributed by atoms with E-state index in [4.69, 9.17) is 11.6 Å². The third kappa shape index (κ3) is 3.87. The maximum Gasteiger partial charge on any atom is 0.247 e. The monoisotopic (exact) mass is 394 g/mol. The fourth-order valence-electron chi connectivity index (χ4n) is 3.41. The molecule has 0 aliphatic carbocycles. The minimum absolute atomic E-state index is 0.634. The smallest absolute Gasteiger partial charge is 0.247 e. The lowest BCUT2D eigenvalue weighted by atomic mass is 10.1. The van der Waals surface area contributed by atoms with Crippen LogP contribution in [0.5, 0.6) is 0 Å². The molecule has 0 amide bonds. The normalized spacial score (nSPS) is 14.2. The van der Waals surface area contributed by atoms with Crippen LogP contribution < -0.4 is 15.1 Å². The van der Waals surface area contributed by atoms with E-state index in [-0.39, 0.29) is 0 Å². The Morgan fingerprint density at radius 2 is 1.68 bits per heavy atom. The molecule has 1 aromatic heterocycles. The molecule has 0 unspecified atom stereocenters. The van der Waals surface area contributed by atoms with Gasteiger partial charge in [-0.1, -0.05) is 35.9 Å². The molecule has 0 atom stereocenters. The topological polar surface area (TPSA) is 57.2 Å². The van der Waals surface area contributed by atoms with Gasteiger partial charge in [-0.25, -0.2) is 0 Å². The number of halogens is 1. The van der Waals surface area contributed by atoms with Crippen molar-refractivity contribution < 1.29 is 0 Å². The minimum Gasteiger partial charge on any atom is -0.368 e. The summed E-state index contributed by atoms with van der Waals surface area (Å²) in [7, 11) is 0. The molecule has 1 aliphatic heterocycles. The number of hydrogen-bond acceptors (Lipinski definition) is 6. The first-order valence-electron chi connectivity index (χ1n) is 9.39. The second-order valence-corrected chi connectivity index (χ2v) is 7.35. The van der Waals surface area contributed by atoms with Crippen LogP contribution in [0.15, 0.2) is 48.7 Å². The highest BCUT2D eigenvalue weighted by molar-refractivity contribution is 6.33. The van der Waals surface area contributed by atoms with Crippen LogP contribution in [-0.4, -0.2) is 41.4 Å². The summed E-state index contributed by atoms with van der Waals surface area (Å²) in [6, 6.07) is 14.1. The van der Waals surface area contributed by atoms with Crippen LogP contribution in [0.3, 0.4) is 0 Å². The average Bonchev–Trinajstić information content (AvgIpc) is 2.72. The minimum atomic E-state index is 0.634. The number of aryl methyl sites for hydroxylation is 1. The molecule has 1 N–H and O–H groups in total. The van der Waals surface area contributed by atoms with Crippen molar-refractivity contribution in [3.63, 3.8) is 0 Å². The van der Waals surface area contributed by atoms with Gasteiger partial charge in [0, 0.05) is 31.9 Å². The van der Waals surface area contributed by atoms with E-state index in [9.17, 15) is 0 Å². The first-order chi connectivity index (χ1) is 13.6. The summed E-state index contributed by atoms with van der Waals surface area (Å²) < 4.78 is 0. The molecule has 1 saturated heterocycles. The summed E-state index contributed by atoms with van der Waals surface area (Å²) in [5.41, 5.74) is 4.79. The maximum absolute atomic E-state index is 6.22. The summed E-state index contributed by atoms with van der Waals surface area (Å²) in [5, 5.41) is 12.2. The van der Waals surface area contributed by atoms with Gasteiger partial charge in [0.1, 0.15) is 0 Å². The van der Waals surface area contributed by atoms with Gasteiger partial charge in [-0.3, -0.25) is 0 Å². The van der Waals surface area contributed by atoms with Crippen LogP contribution >= 0.6 is 11.6 Å². The van der Waals surface area contributed by atoms with E-state index in [1.165, 1.54) is 16.8 Å². The number of nitrogens with zero attached hydrogens (tertiary/aromatic N) is 5. The summed E-state index contributed by atoms with van der Waals surface area (Å²) in [6.45, 7) is 7.90. The van der Waals surface area contributed by atoms with Crippen LogP contribution in [0, 0.1) is 13.8 Å². The van der Waals surface area contributed by atoms with Gasteiger partial charge in [-0.15, -0.1) is 5.10 Å². The van der Waals surface area contributed by atoms with Crippen molar-refractivity contribution in [2.45, 2.75) is 13.8 Å². The highest BCUT2D eigenvalue weighted by Crippen LogP contribution is 2.26. The highest BCUT2D eigenvalue weighted by Gasteiger charge is 2.21. The molecule has 0 spiro atoms. The lowest BCUT2D eigenvalue weighted by Crippen LogP contribution is -2.47. The van der Waals surface area contributed by atoms with Crippen LogP contribution in [0.1, 0.15) is 11.1 Å². The molecule has 0 saturated carbocycles. The number of para-hydroxylation sites is 1. The molecule has 0 bridgehead atoms. The van der Waals surface area contributed by atoms with Crippen molar-refractivity contribution in [3.8, 4) is 0 Å². The fourth-order valence-corrected chi connectivity index (χ4v) is 3.60. The Hall–Kier alpha value is -2.86. The van der Waals surface area contributed by atoms with Gasteiger partial charge in [-0.2, -0.15) is 10.1 Å². The molecule has 28 heavy (non-hydrogen) atoms. The van der Waals surface area contributed by atoms with Gasteiger partial charge in [0.25, 0.3) is 0 Å². The summed E-state index contributed by atoms with van der Waals surface area (Å²) in [4.78, 5) is 9.23. The molecule has 6 nitrogen and oxygen atoms in total. The van der Waals surface area contributed by atoms with E-state index in [1.807, 2.05) is 24.3 Å². The number of anilines is 4. The van der Waals surface area contributed by atoms with Crippen LogP contribution in [0.4, 0.5) is 23.1 Å². The molecule has 1 aliphatic rings. The molecule has 7 heteroatoms. The second kappa shape index (κ2) is 8.02. The third-order valence-corrected chi connectivity index (χ3v) is 5.49. The van der Waals surface area contributed by atoms with E-state index >= 15 is 0 Å². The van der Waals surface area contributed by atoms with E-state index in [2.05, 4.69) is 62.3 Å². The zero-order chi connectivity index (χ0) is 19.5. The van der Waals surface area contributed by atoms with Crippen molar-refractivity contribution in [2.75, 3.05) is 41.3 Å². The summed E-state index contributed by atoms with van der Waals surface area (Å²) >= 11 is 6.22. The standard InChI is InChI=1S/C21H23ClN6/c1-15-6-5-9-19(16(15)2)27-10-12-28(13-11-27)21-25-20(14-23-26-21)24-18-8-4-3-7-17(18)22/h3-9,14H,10-13H2,1-2H3,(H,24,25,26). The van der Waals surface area contributed by atoms with Gasteiger partial charge >= 0.3 is 0 Å². The lowest BCUT2D eigenvalue weighted by Gasteiger charge is -2.36. The van der Waals surface area contributed by atoms with Crippen LogP contribution in [0.2, 0.25) is 5.02 Å². The van der Waals surface area contributed by atoms with Crippen molar-refractivity contribution in [1.82, 2.24) is 15.2 Å². The SMILES string of the molecule is Cc1cccc(N2CCN(c3nncc(Nc4ccccc4Cl)n3)CC2)c1C. The predicted molar refractivity (Wildman–Crippen MR) is 115 cm³/mol. The van der Waals surface area contributed by atoms with E-state index in [0.29, 0.717) is 16.8 Å². The van der Waals surface area contributed by atoms with Crippen molar-refractivity contribution in [2.24, 2.45) is 0 Å². The third-order valence-electron chi connectivity index (χ3n) is 5.16. The second-order valence-electron chi connectivity index (χ2n) is 6.94. The molecule has 2 aromatic carbocycles. The first kappa shape index (κ1) is 18.5. The first-order valence-corrected chi connectivity index (χ1v) is 9.77. The average molecular weight is 395 g/mol.